The molecule has 7 heteroatoms. The number of carbonyl (C=O) groups is 2. The molecule has 34 heavy (non-hydrogen) atoms. The normalized spacial score (nSPS) is 17.5. The Morgan fingerprint density at radius 2 is 1.76 bits per heavy atom. The van der Waals surface area contributed by atoms with Gasteiger partial charge in [0.25, 0.3) is 11.7 Å². The summed E-state index contributed by atoms with van der Waals surface area (Å²) in [5, 5.41) is 11.2. The fourth-order valence-electron chi connectivity index (χ4n) is 4.27. The molecule has 0 radical (unpaired) electrons. The number of aliphatic hydroxyl groups is 1. The standard InChI is InChI=1S/C27H29N3O4/c1-18(2)19-5-7-20(8-6-19)24-23(25(31)21-9-11-22(34-3)12-10-21)26(32)27(33)30(24)15-4-14-29-16-13-28-17-29/h5-13,16-18,24,31H,4,14-15H2,1-3H3/b25-23-. The zero-order valence-electron chi connectivity index (χ0n) is 19.6. The van der Waals surface area contributed by atoms with Crippen LogP contribution in [0.5, 0.6) is 5.75 Å². The predicted molar refractivity (Wildman–Crippen MR) is 129 cm³/mol. The Bertz CT molecular complexity index is 1180. The molecule has 0 bridgehead atoms. The van der Waals surface area contributed by atoms with E-state index in [-0.39, 0.29) is 11.3 Å². The van der Waals surface area contributed by atoms with Gasteiger partial charge < -0.3 is 19.3 Å². The number of hydrogen-bond acceptors (Lipinski definition) is 5. The lowest BCUT2D eigenvalue weighted by molar-refractivity contribution is -0.139. The first kappa shape index (κ1) is 23.3. The summed E-state index contributed by atoms with van der Waals surface area (Å²) in [6.07, 6.45) is 5.93. The Balaban J connectivity index is 1.72. The minimum Gasteiger partial charge on any atom is -0.507 e. The third-order valence-corrected chi connectivity index (χ3v) is 6.20. The van der Waals surface area contributed by atoms with Crippen LogP contribution in [0.4, 0.5) is 0 Å². The Morgan fingerprint density at radius 1 is 1.06 bits per heavy atom. The average molecular weight is 460 g/mol. The summed E-state index contributed by atoms with van der Waals surface area (Å²) in [7, 11) is 1.56. The van der Waals surface area contributed by atoms with E-state index in [1.54, 1.807) is 48.8 Å². The lowest BCUT2D eigenvalue weighted by Crippen LogP contribution is -2.31. The van der Waals surface area contributed by atoms with Gasteiger partial charge >= 0.3 is 0 Å². The van der Waals surface area contributed by atoms with E-state index in [0.717, 1.165) is 11.1 Å². The maximum Gasteiger partial charge on any atom is 0.295 e. The van der Waals surface area contributed by atoms with Crippen LogP contribution in [0.25, 0.3) is 5.76 Å². The fourth-order valence-corrected chi connectivity index (χ4v) is 4.27. The molecule has 3 aromatic rings. The second kappa shape index (κ2) is 9.95. The van der Waals surface area contributed by atoms with Crippen LogP contribution in [0.2, 0.25) is 0 Å². The van der Waals surface area contributed by atoms with Crippen LogP contribution < -0.4 is 4.74 Å². The Morgan fingerprint density at radius 3 is 2.35 bits per heavy atom. The molecule has 1 unspecified atom stereocenters. The number of Topliss-reactive ketones (excluding diaryl/α,β-unsaturated/α-hetero) is 1. The summed E-state index contributed by atoms with van der Waals surface area (Å²) >= 11 is 0. The SMILES string of the molecule is COc1ccc(/C(O)=C2/C(=O)C(=O)N(CCCn3ccnc3)C2c2ccc(C(C)C)cc2)cc1. The van der Waals surface area contributed by atoms with E-state index in [1.165, 1.54) is 0 Å². The second-order valence-corrected chi connectivity index (χ2v) is 8.70. The summed E-state index contributed by atoms with van der Waals surface area (Å²) in [6, 6.07) is 14.0. The van der Waals surface area contributed by atoms with Gasteiger partial charge in [-0.15, -0.1) is 0 Å². The largest absolute Gasteiger partial charge is 0.507 e. The molecule has 1 aliphatic heterocycles. The van der Waals surface area contributed by atoms with Gasteiger partial charge in [-0.3, -0.25) is 9.59 Å². The first-order chi connectivity index (χ1) is 16.4. The minimum absolute atomic E-state index is 0.107. The molecule has 1 atom stereocenters. The van der Waals surface area contributed by atoms with E-state index >= 15 is 0 Å². The number of amides is 1. The van der Waals surface area contributed by atoms with Crippen molar-refractivity contribution in [2.45, 2.75) is 38.8 Å². The van der Waals surface area contributed by atoms with E-state index < -0.39 is 17.7 Å². The Labute approximate surface area is 199 Å². The van der Waals surface area contributed by atoms with Crippen molar-refractivity contribution in [3.05, 3.63) is 89.5 Å². The van der Waals surface area contributed by atoms with Gasteiger partial charge in [0, 0.05) is 31.0 Å². The van der Waals surface area contributed by atoms with Crippen molar-refractivity contribution in [2.24, 2.45) is 0 Å². The molecule has 1 aromatic heterocycles. The van der Waals surface area contributed by atoms with Gasteiger partial charge in [-0.1, -0.05) is 38.1 Å². The molecule has 1 saturated heterocycles. The van der Waals surface area contributed by atoms with E-state index in [0.29, 0.717) is 36.7 Å². The zero-order valence-corrected chi connectivity index (χ0v) is 19.6. The van der Waals surface area contributed by atoms with Gasteiger partial charge in [-0.05, 0) is 47.7 Å². The molecule has 0 aliphatic carbocycles. The minimum atomic E-state index is -0.672. The van der Waals surface area contributed by atoms with Crippen molar-refractivity contribution < 1.29 is 19.4 Å². The summed E-state index contributed by atoms with van der Waals surface area (Å²) in [5.74, 6) is -0.462. The van der Waals surface area contributed by atoms with Gasteiger partial charge in [0.15, 0.2) is 0 Å². The highest BCUT2D eigenvalue weighted by Gasteiger charge is 2.45. The number of nitrogens with zero attached hydrogens (tertiary/aromatic N) is 3. The van der Waals surface area contributed by atoms with E-state index in [4.69, 9.17) is 4.74 Å². The summed E-state index contributed by atoms with van der Waals surface area (Å²) in [6.45, 7) is 5.26. The number of likely N-dealkylation sites (tertiary alicyclic amines) is 1. The van der Waals surface area contributed by atoms with Crippen LogP contribution in [0.15, 0.2) is 72.8 Å². The van der Waals surface area contributed by atoms with Crippen LogP contribution in [0.3, 0.4) is 0 Å². The van der Waals surface area contributed by atoms with Crippen LogP contribution in [-0.2, 0) is 16.1 Å². The highest BCUT2D eigenvalue weighted by molar-refractivity contribution is 6.46. The number of rotatable bonds is 8. The van der Waals surface area contributed by atoms with Gasteiger partial charge in [-0.2, -0.15) is 0 Å². The molecule has 2 aromatic carbocycles. The van der Waals surface area contributed by atoms with Gasteiger partial charge in [0.1, 0.15) is 11.5 Å². The molecule has 1 N–H and O–H groups in total. The number of imidazole rings is 1. The van der Waals surface area contributed by atoms with Crippen molar-refractivity contribution in [2.75, 3.05) is 13.7 Å². The molecule has 1 aliphatic rings. The van der Waals surface area contributed by atoms with Crippen LogP contribution in [0.1, 0.15) is 48.9 Å². The number of aryl methyl sites for hydroxylation is 1. The van der Waals surface area contributed by atoms with Crippen LogP contribution in [-0.4, -0.2) is 44.9 Å². The number of aromatic nitrogens is 2. The fraction of sp³-hybridized carbons (Fsp3) is 0.296. The first-order valence-electron chi connectivity index (χ1n) is 11.4. The molecule has 2 heterocycles. The number of carbonyl (C=O) groups excluding carboxylic acids is 2. The number of aliphatic hydroxyl groups excluding tert-OH is 1. The molecule has 1 amide bonds. The van der Waals surface area contributed by atoms with Crippen molar-refractivity contribution in [1.29, 1.82) is 0 Å². The zero-order chi connectivity index (χ0) is 24.2. The number of methoxy groups -OCH3 is 1. The second-order valence-electron chi connectivity index (χ2n) is 8.70. The lowest BCUT2D eigenvalue weighted by Gasteiger charge is -2.26. The predicted octanol–water partition coefficient (Wildman–Crippen LogP) is 4.53. The van der Waals surface area contributed by atoms with Crippen molar-refractivity contribution in [3.8, 4) is 5.75 Å². The van der Waals surface area contributed by atoms with Crippen molar-refractivity contribution >= 4 is 17.4 Å². The number of hydrogen-bond donors (Lipinski definition) is 1. The summed E-state index contributed by atoms with van der Waals surface area (Å²) < 4.78 is 7.12. The van der Waals surface area contributed by atoms with E-state index in [9.17, 15) is 14.7 Å². The third kappa shape index (κ3) is 4.59. The van der Waals surface area contributed by atoms with E-state index in [1.807, 2.05) is 35.0 Å². The Kier molecular flexibility index (Phi) is 6.82. The molecule has 7 nitrogen and oxygen atoms in total. The number of ether oxygens (including phenoxy) is 1. The van der Waals surface area contributed by atoms with Crippen molar-refractivity contribution in [1.82, 2.24) is 14.5 Å². The summed E-state index contributed by atoms with van der Waals surface area (Å²) in [5.41, 5.74) is 2.52. The van der Waals surface area contributed by atoms with Gasteiger partial charge in [-0.25, -0.2) is 4.98 Å². The molecule has 1 fully saturated rings. The smallest absolute Gasteiger partial charge is 0.295 e. The molecule has 0 saturated carbocycles. The summed E-state index contributed by atoms with van der Waals surface area (Å²) in [4.78, 5) is 31.9. The first-order valence-corrected chi connectivity index (χ1v) is 11.4. The van der Waals surface area contributed by atoms with Gasteiger partial charge in [0.05, 0.1) is 25.1 Å². The molecule has 176 valence electrons. The molecule has 4 rings (SSSR count). The lowest BCUT2D eigenvalue weighted by atomic mass is 9.93. The quantitative estimate of drug-likeness (QED) is 0.304. The monoisotopic (exact) mass is 459 g/mol. The molecular formula is C27H29N3O4. The van der Waals surface area contributed by atoms with Crippen LogP contribution in [0, 0.1) is 0 Å². The number of ketones is 1. The Hall–Kier alpha value is -3.87. The van der Waals surface area contributed by atoms with E-state index in [2.05, 4.69) is 18.8 Å². The third-order valence-electron chi connectivity index (χ3n) is 6.20. The highest BCUT2D eigenvalue weighted by atomic mass is 16.5. The maximum absolute atomic E-state index is 13.2. The molecule has 0 spiro atoms. The average Bonchev–Trinajstić information content (AvgIpc) is 3.46. The highest BCUT2D eigenvalue weighted by Crippen LogP contribution is 2.40. The number of benzene rings is 2. The maximum atomic E-state index is 13.2. The molecular weight excluding hydrogens is 430 g/mol. The van der Waals surface area contributed by atoms with Crippen LogP contribution >= 0.6 is 0 Å². The topological polar surface area (TPSA) is 84.7 Å². The van der Waals surface area contributed by atoms with Gasteiger partial charge in [0.2, 0.25) is 0 Å². The van der Waals surface area contributed by atoms with Crippen molar-refractivity contribution in [3.63, 3.8) is 0 Å².